The molecular weight excluding hydrogens is 262 g/mol. The molecule has 0 saturated heterocycles. The summed E-state index contributed by atoms with van der Waals surface area (Å²) in [6.45, 7) is 5.87. The highest BCUT2D eigenvalue weighted by atomic mass is 16.2. The van der Waals surface area contributed by atoms with Crippen molar-refractivity contribution in [2.45, 2.75) is 13.3 Å². The summed E-state index contributed by atoms with van der Waals surface area (Å²) in [6.07, 6.45) is 0.838. The van der Waals surface area contributed by atoms with Crippen LogP contribution in [-0.4, -0.2) is 6.03 Å². The van der Waals surface area contributed by atoms with E-state index in [1.165, 1.54) is 5.56 Å². The van der Waals surface area contributed by atoms with Crippen LogP contribution in [0.25, 0.3) is 0 Å². The number of hydrogen-bond donors (Lipinski definition) is 3. The highest BCUT2D eigenvalue weighted by Crippen LogP contribution is 2.29. The fraction of sp³-hybridized carbons (Fsp3) is 0.118. The molecule has 106 valence electrons. The number of benzene rings is 2. The lowest BCUT2D eigenvalue weighted by Gasteiger charge is -2.10. The first-order valence-corrected chi connectivity index (χ1v) is 6.83. The van der Waals surface area contributed by atoms with E-state index in [1.807, 2.05) is 49.4 Å². The molecule has 0 bridgehead atoms. The Morgan fingerprint density at radius 2 is 2.00 bits per heavy atom. The number of urea groups is 1. The topological polar surface area (TPSA) is 53.2 Å². The molecule has 21 heavy (non-hydrogen) atoms. The minimum atomic E-state index is -0.249. The monoisotopic (exact) mass is 279 g/mol. The van der Waals surface area contributed by atoms with Gasteiger partial charge >= 0.3 is 6.03 Å². The van der Waals surface area contributed by atoms with Gasteiger partial charge in [0, 0.05) is 29.2 Å². The lowest BCUT2D eigenvalue weighted by molar-refractivity contribution is 0.262. The Kier molecular flexibility index (Phi) is 3.36. The van der Waals surface area contributed by atoms with Gasteiger partial charge in [-0.3, -0.25) is 0 Å². The van der Waals surface area contributed by atoms with Gasteiger partial charge in [-0.05, 0) is 36.2 Å². The predicted molar refractivity (Wildman–Crippen MR) is 86.7 cm³/mol. The molecule has 1 aliphatic rings. The van der Waals surface area contributed by atoms with Gasteiger partial charge in [0.05, 0.1) is 0 Å². The van der Waals surface area contributed by atoms with Crippen LogP contribution in [0.2, 0.25) is 0 Å². The first-order valence-electron chi connectivity index (χ1n) is 6.83. The number of carbonyl (C=O) groups excluding carboxylic acids is 1. The van der Waals surface area contributed by atoms with Crippen LogP contribution in [0, 0.1) is 6.92 Å². The van der Waals surface area contributed by atoms with Gasteiger partial charge in [0.25, 0.3) is 0 Å². The van der Waals surface area contributed by atoms with Crippen LogP contribution < -0.4 is 16.0 Å². The maximum absolute atomic E-state index is 12.0. The van der Waals surface area contributed by atoms with E-state index in [1.54, 1.807) is 0 Å². The molecule has 0 fully saturated rings. The molecule has 0 radical (unpaired) electrons. The average molecular weight is 279 g/mol. The fourth-order valence-corrected chi connectivity index (χ4v) is 2.39. The summed E-state index contributed by atoms with van der Waals surface area (Å²) in [7, 11) is 0. The van der Waals surface area contributed by atoms with E-state index in [-0.39, 0.29) is 6.03 Å². The summed E-state index contributed by atoms with van der Waals surface area (Å²) < 4.78 is 0. The van der Waals surface area contributed by atoms with Crippen molar-refractivity contribution in [1.82, 2.24) is 0 Å². The largest absolute Gasteiger partial charge is 0.359 e. The summed E-state index contributed by atoms with van der Waals surface area (Å²) in [6, 6.07) is 13.3. The second-order valence-corrected chi connectivity index (χ2v) is 5.17. The second-order valence-electron chi connectivity index (χ2n) is 5.17. The maximum atomic E-state index is 12.0. The van der Waals surface area contributed by atoms with E-state index in [4.69, 9.17) is 0 Å². The van der Waals surface area contributed by atoms with Gasteiger partial charge in [-0.15, -0.1) is 0 Å². The Bertz CT molecular complexity index is 722. The quantitative estimate of drug-likeness (QED) is 0.774. The average Bonchev–Trinajstić information content (AvgIpc) is 2.80. The van der Waals surface area contributed by atoms with E-state index in [9.17, 15) is 4.79 Å². The molecule has 0 aromatic heterocycles. The number of hydrogen-bond acceptors (Lipinski definition) is 2. The smallest absolute Gasteiger partial charge is 0.323 e. The molecule has 0 unspecified atom stereocenters. The van der Waals surface area contributed by atoms with Crippen molar-refractivity contribution in [3.05, 3.63) is 65.9 Å². The second kappa shape index (κ2) is 5.32. The van der Waals surface area contributed by atoms with Crippen LogP contribution in [0.3, 0.4) is 0 Å². The third-order valence-corrected chi connectivity index (χ3v) is 3.48. The molecule has 3 N–H and O–H groups in total. The Labute approximate surface area is 123 Å². The van der Waals surface area contributed by atoms with E-state index in [2.05, 4.69) is 22.5 Å². The lowest BCUT2D eigenvalue weighted by atomic mass is 10.1. The number of aryl methyl sites for hydroxylation is 1. The van der Waals surface area contributed by atoms with Crippen molar-refractivity contribution in [3.63, 3.8) is 0 Å². The van der Waals surface area contributed by atoms with Gasteiger partial charge in [-0.2, -0.15) is 0 Å². The van der Waals surface area contributed by atoms with Crippen LogP contribution in [0.15, 0.2) is 54.7 Å². The molecule has 4 heteroatoms. The number of fused-ring (bicyclic) bond motifs is 1. The molecule has 0 atom stereocenters. The first-order chi connectivity index (χ1) is 10.1. The zero-order valence-corrected chi connectivity index (χ0v) is 11.9. The number of nitrogens with one attached hydrogen (secondary N) is 3. The summed E-state index contributed by atoms with van der Waals surface area (Å²) in [4.78, 5) is 12.0. The molecule has 4 nitrogen and oxygen atoms in total. The van der Waals surface area contributed by atoms with Crippen molar-refractivity contribution in [1.29, 1.82) is 0 Å². The fourth-order valence-electron chi connectivity index (χ4n) is 2.39. The molecular formula is C17H17N3O. The van der Waals surface area contributed by atoms with Gasteiger partial charge in [0.2, 0.25) is 0 Å². The summed E-state index contributed by atoms with van der Waals surface area (Å²) in [5.41, 5.74) is 5.77. The van der Waals surface area contributed by atoms with Gasteiger partial charge in [-0.25, -0.2) is 4.79 Å². The van der Waals surface area contributed by atoms with E-state index >= 15 is 0 Å². The number of rotatable bonds is 2. The summed E-state index contributed by atoms with van der Waals surface area (Å²) >= 11 is 0. The van der Waals surface area contributed by atoms with E-state index in [0.717, 1.165) is 34.7 Å². The Morgan fingerprint density at radius 3 is 2.81 bits per heavy atom. The zero-order chi connectivity index (χ0) is 14.8. The minimum Gasteiger partial charge on any atom is -0.359 e. The van der Waals surface area contributed by atoms with Crippen LogP contribution in [0.1, 0.15) is 11.1 Å². The Hall–Kier alpha value is -2.75. The van der Waals surface area contributed by atoms with Crippen molar-refractivity contribution in [2.24, 2.45) is 0 Å². The normalized spacial score (nSPS) is 12.5. The van der Waals surface area contributed by atoms with Crippen LogP contribution in [0.5, 0.6) is 0 Å². The molecule has 2 aromatic carbocycles. The van der Waals surface area contributed by atoms with Crippen molar-refractivity contribution >= 4 is 23.1 Å². The molecule has 2 aromatic rings. The van der Waals surface area contributed by atoms with Gasteiger partial charge in [0.1, 0.15) is 0 Å². The molecule has 1 aliphatic heterocycles. The molecule has 1 heterocycles. The van der Waals surface area contributed by atoms with Crippen LogP contribution in [-0.2, 0) is 6.42 Å². The number of para-hydroxylation sites is 1. The maximum Gasteiger partial charge on any atom is 0.323 e. The van der Waals surface area contributed by atoms with Crippen LogP contribution in [0.4, 0.5) is 21.9 Å². The standard InChI is InChI=1S/C17H17N3O/c1-11-5-3-4-6-15(11)20-17(21)19-14-8-7-13-9-12(2)18-16(13)10-14/h3-8,10,18H,2,9H2,1H3,(H2,19,20,21). The lowest BCUT2D eigenvalue weighted by Crippen LogP contribution is -2.19. The van der Waals surface area contributed by atoms with E-state index in [0.29, 0.717) is 0 Å². The van der Waals surface area contributed by atoms with Gasteiger partial charge in [-0.1, -0.05) is 30.8 Å². The van der Waals surface area contributed by atoms with Crippen LogP contribution >= 0.6 is 0 Å². The third-order valence-electron chi connectivity index (χ3n) is 3.48. The highest BCUT2D eigenvalue weighted by Gasteiger charge is 2.14. The predicted octanol–water partition coefficient (Wildman–Crippen LogP) is 4.12. The number of amides is 2. The summed E-state index contributed by atoms with van der Waals surface area (Å²) in [5, 5.41) is 8.89. The summed E-state index contributed by atoms with van der Waals surface area (Å²) in [5.74, 6) is 0. The molecule has 0 aliphatic carbocycles. The molecule has 0 saturated carbocycles. The number of anilines is 3. The Balaban J connectivity index is 1.70. The van der Waals surface area contributed by atoms with Crippen molar-refractivity contribution in [2.75, 3.05) is 16.0 Å². The molecule has 3 rings (SSSR count). The molecule has 2 amide bonds. The minimum absolute atomic E-state index is 0.249. The molecule has 0 spiro atoms. The Morgan fingerprint density at radius 1 is 1.19 bits per heavy atom. The SMILES string of the molecule is C=C1Cc2ccc(NC(=O)Nc3ccccc3C)cc2N1. The van der Waals surface area contributed by atoms with Crippen molar-refractivity contribution in [3.8, 4) is 0 Å². The highest BCUT2D eigenvalue weighted by molar-refractivity contribution is 6.00. The number of allylic oxidation sites excluding steroid dienone is 1. The van der Waals surface area contributed by atoms with Gasteiger partial charge in [0.15, 0.2) is 0 Å². The third kappa shape index (κ3) is 2.89. The van der Waals surface area contributed by atoms with Gasteiger partial charge < -0.3 is 16.0 Å². The number of carbonyl (C=O) groups is 1. The van der Waals surface area contributed by atoms with Crippen molar-refractivity contribution < 1.29 is 4.79 Å². The van der Waals surface area contributed by atoms with E-state index < -0.39 is 0 Å². The first kappa shape index (κ1) is 13.2. The zero-order valence-electron chi connectivity index (χ0n) is 11.9.